The first kappa shape index (κ1) is 12.0. The Labute approximate surface area is 96.6 Å². The van der Waals surface area contributed by atoms with Gasteiger partial charge in [0.2, 0.25) is 0 Å². The Hall–Kier alpha value is 0.880. The zero-order valence-corrected chi connectivity index (χ0v) is 10.9. The minimum absolute atomic E-state index is 0.888. The highest BCUT2D eigenvalue weighted by Crippen LogP contribution is 2.38. The van der Waals surface area contributed by atoms with Crippen LogP contribution in [0.1, 0.15) is 13.3 Å². The van der Waals surface area contributed by atoms with Crippen LogP contribution in [0, 0.1) is 5.92 Å². The van der Waals surface area contributed by atoms with Gasteiger partial charge in [-0.1, -0.05) is 33.7 Å². The van der Waals surface area contributed by atoms with E-state index in [1.807, 2.05) is 43.2 Å². The molecule has 1 atom stereocenters. The third-order valence-corrected chi connectivity index (χ3v) is 6.63. The van der Waals surface area contributed by atoms with Gasteiger partial charge in [0.05, 0.1) is 0 Å². The van der Waals surface area contributed by atoms with Crippen LogP contribution in [0.4, 0.5) is 0 Å². The van der Waals surface area contributed by atoms with Gasteiger partial charge in [0, 0.05) is 11.5 Å². The molecule has 0 aliphatic carbocycles. The molecule has 0 saturated carbocycles. The molecule has 0 bridgehead atoms. The summed E-state index contributed by atoms with van der Waals surface area (Å²) < 4.78 is 0. The van der Waals surface area contributed by atoms with Gasteiger partial charge in [-0.3, -0.25) is 0 Å². The van der Waals surface area contributed by atoms with Crippen molar-refractivity contribution in [3.05, 3.63) is 23.0 Å². The van der Waals surface area contributed by atoms with E-state index in [0.717, 1.165) is 5.92 Å². The largest absolute Gasteiger partial charge is 0.134 e. The number of allylic oxidation sites excluding steroid dienone is 2. The topological polar surface area (TPSA) is 0 Å². The summed E-state index contributed by atoms with van der Waals surface area (Å²) in [5, 5.41) is 4.36. The molecule has 13 heavy (non-hydrogen) atoms. The summed E-state index contributed by atoms with van der Waals surface area (Å²) >= 11 is 1.95. The molecule has 1 rings (SSSR count). The predicted molar refractivity (Wildman–Crippen MR) is 72.2 cm³/mol. The van der Waals surface area contributed by atoms with Crippen molar-refractivity contribution in [3.63, 3.8) is 0 Å². The van der Waals surface area contributed by atoms with Crippen LogP contribution in [0.2, 0.25) is 0 Å². The van der Waals surface area contributed by atoms with E-state index in [9.17, 15) is 0 Å². The molecule has 1 unspecified atom stereocenters. The van der Waals surface area contributed by atoms with Crippen LogP contribution < -0.4 is 0 Å². The van der Waals surface area contributed by atoms with Crippen LogP contribution in [0.5, 0.6) is 0 Å². The number of thioether (sulfide) groups is 1. The fraction of sp³-hybridized carbons (Fsp3) is 0.556. The van der Waals surface area contributed by atoms with Crippen molar-refractivity contribution < 1.29 is 0 Å². The molecule has 0 aromatic carbocycles. The van der Waals surface area contributed by atoms with Crippen molar-refractivity contribution in [2.75, 3.05) is 11.5 Å². The third-order valence-electron chi connectivity index (χ3n) is 1.58. The fourth-order valence-corrected chi connectivity index (χ4v) is 5.46. The molecule has 0 aromatic heterocycles. The van der Waals surface area contributed by atoms with Crippen LogP contribution in [0.3, 0.4) is 0 Å². The van der Waals surface area contributed by atoms with Gasteiger partial charge < -0.3 is 0 Å². The Morgan fingerprint density at radius 1 is 1.62 bits per heavy atom. The lowest BCUT2D eigenvalue weighted by Crippen LogP contribution is -2.06. The Balaban J connectivity index is 1.96. The maximum absolute atomic E-state index is 2.29. The molecule has 74 valence electrons. The highest BCUT2D eigenvalue weighted by atomic mass is 33.5. The summed E-state index contributed by atoms with van der Waals surface area (Å²) in [5.74, 6) is 3.48. The van der Waals surface area contributed by atoms with E-state index in [1.165, 1.54) is 17.9 Å². The second-order valence-corrected chi connectivity index (χ2v) is 7.75. The third kappa shape index (κ3) is 6.05. The smallest absolute Gasteiger partial charge is 0.00845 e. The number of hydrogen-bond acceptors (Lipinski definition) is 4. The Morgan fingerprint density at radius 2 is 2.54 bits per heavy atom. The molecule has 0 radical (unpaired) electrons. The normalized spacial score (nSPS) is 22.7. The molecular formula is C9H14S4. The quantitative estimate of drug-likeness (QED) is 0.507. The molecule has 0 fully saturated rings. The van der Waals surface area contributed by atoms with Gasteiger partial charge in [-0.2, -0.15) is 0 Å². The minimum Gasteiger partial charge on any atom is -0.134 e. The predicted octanol–water partition coefficient (Wildman–Crippen LogP) is 4.82. The van der Waals surface area contributed by atoms with E-state index in [2.05, 4.69) is 29.9 Å². The summed E-state index contributed by atoms with van der Waals surface area (Å²) in [5.41, 5.74) is 0. The van der Waals surface area contributed by atoms with Gasteiger partial charge in [-0.15, -0.1) is 11.8 Å². The molecule has 0 spiro atoms. The maximum Gasteiger partial charge on any atom is 0.00845 e. The SMILES string of the molecule is C/C=C/SSSCC1CC=CSC1. The molecule has 0 aromatic rings. The van der Waals surface area contributed by atoms with E-state index in [-0.39, 0.29) is 0 Å². The van der Waals surface area contributed by atoms with Crippen LogP contribution in [-0.2, 0) is 0 Å². The van der Waals surface area contributed by atoms with Gasteiger partial charge in [0.15, 0.2) is 0 Å². The van der Waals surface area contributed by atoms with Crippen molar-refractivity contribution in [2.24, 2.45) is 5.92 Å². The maximum atomic E-state index is 2.29. The number of rotatable bonds is 5. The van der Waals surface area contributed by atoms with Crippen molar-refractivity contribution in [2.45, 2.75) is 13.3 Å². The Bertz CT molecular complexity index is 176. The second-order valence-electron chi connectivity index (χ2n) is 2.73. The monoisotopic (exact) mass is 250 g/mol. The summed E-state index contributed by atoms with van der Waals surface area (Å²) in [6.45, 7) is 2.06. The van der Waals surface area contributed by atoms with Crippen molar-refractivity contribution >= 4 is 43.2 Å². The number of hydrogen-bond donors (Lipinski definition) is 0. The lowest BCUT2D eigenvalue weighted by molar-refractivity contribution is 0.686. The molecule has 1 heterocycles. The Morgan fingerprint density at radius 3 is 3.23 bits per heavy atom. The Kier molecular flexibility index (Phi) is 7.55. The summed E-state index contributed by atoms with van der Waals surface area (Å²) in [4.78, 5) is 0. The molecular weight excluding hydrogens is 236 g/mol. The second kappa shape index (κ2) is 8.21. The van der Waals surface area contributed by atoms with Crippen molar-refractivity contribution in [1.82, 2.24) is 0 Å². The first-order valence-corrected chi connectivity index (χ1v) is 9.02. The van der Waals surface area contributed by atoms with Crippen LogP contribution >= 0.6 is 43.2 Å². The zero-order valence-electron chi connectivity index (χ0n) is 7.64. The summed E-state index contributed by atoms with van der Waals surface area (Å²) in [6, 6.07) is 0. The van der Waals surface area contributed by atoms with E-state index in [1.54, 1.807) is 0 Å². The highest BCUT2D eigenvalue weighted by molar-refractivity contribution is 9.09. The van der Waals surface area contributed by atoms with Crippen molar-refractivity contribution in [1.29, 1.82) is 0 Å². The lowest BCUT2D eigenvalue weighted by Gasteiger charge is -2.15. The first-order valence-electron chi connectivity index (χ1n) is 4.26. The van der Waals surface area contributed by atoms with Crippen LogP contribution in [0.15, 0.2) is 23.0 Å². The average molecular weight is 250 g/mol. The molecule has 0 saturated heterocycles. The van der Waals surface area contributed by atoms with E-state index < -0.39 is 0 Å². The zero-order chi connectivity index (χ0) is 9.36. The van der Waals surface area contributed by atoms with Gasteiger partial charge in [-0.05, 0) is 39.9 Å². The standard InChI is InChI=1S/C9H14S4/c1-2-5-11-13-12-8-9-4-3-6-10-7-9/h2-3,5-6,9H,4,7-8H2,1H3/b5-2+. The molecule has 0 amide bonds. The van der Waals surface area contributed by atoms with E-state index >= 15 is 0 Å². The van der Waals surface area contributed by atoms with Crippen LogP contribution in [0.25, 0.3) is 0 Å². The molecule has 0 nitrogen and oxygen atoms in total. The lowest BCUT2D eigenvalue weighted by atomic mass is 10.1. The summed E-state index contributed by atoms with van der Waals surface area (Å²) in [6.07, 6.45) is 5.65. The van der Waals surface area contributed by atoms with Gasteiger partial charge in [-0.25, -0.2) is 0 Å². The van der Waals surface area contributed by atoms with E-state index in [4.69, 9.17) is 0 Å². The van der Waals surface area contributed by atoms with Crippen LogP contribution in [-0.4, -0.2) is 11.5 Å². The minimum atomic E-state index is 0.888. The van der Waals surface area contributed by atoms with Gasteiger partial charge >= 0.3 is 0 Å². The van der Waals surface area contributed by atoms with Gasteiger partial charge in [0.25, 0.3) is 0 Å². The average Bonchev–Trinajstić information content (AvgIpc) is 2.19. The highest BCUT2D eigenvalue weighted by Gasteiger charge is 2.09. The van der Waals surface area contributed by atoms with Crippen molar-refractivity contribution in [3.8, 4) is 0 Å². The first-order chi connectivity index (χ1) is 6.43. The van der Waals surface area contributed by atoms with E-state index in [0.29, 0.717) is 0 Å². The molecule has 1 aliphatic rings. The molecule has 1 aliphatic heterocycles. The molecule has 0 N–H and O–H groups in total. The fourth-order valence-electron chi connectivity index (χ4n) is 0.922. The van der Waals surface area contributed by atoms with Gasteiger partial charge in [0.1, 0.15) is 0 Å². The molecule has 4 heteroatoms. The summed E-state index contributed by atoms with van der Waals surface area (Å²) in [7, 11) is 5.68.